The number of unbranched alkanes of at least 4 members (excludes halogenated alkanes) is 1. The number of rotatable bonds is 7. The monoisotopic (exact) mass is 408 g/mol. The summed E-state index contributed by atoms with van der Waals surface area (Å²) in [6, 6.07) is 27.9. The van der Waals surface area contributed by atoms with E-state index in [0.29, 0.717) is 35.6 Å². The topological polar surface area (TPSA) is 71.1 Å². The van der Waals surface area contributed by atoms with Gasteiger partial charge in [0.1, 0.15) is 12.1 Å². The lowest BCUT2D eigenvalue weighted by atomic mass is 10.1. The van der Waals surface area contributed by atoms with Crippen LogP contribution in [0.1, 0.15) is 36.5 Å². The molecule has 31 heavy (non-hydrogen) atoms. The molecule has 0 heterocycles. The van der Waals surface area contributed by atoms with Crippen molar-refractivity contribution in [3.8, 4) is 12.1 Å². The molecule has 0 bridgehead atoms. The molecule has 0 aliphatic carbocycles. The summed E-state index contributed by atoms with van der Waals surface area (Å²) >= 11 is 0. The molecule has 0 aliphatic rings. The minimum Gasteiger partial charge on any atom is -0.320 e. The number of urea groups is 1. The summed E-state index contributed by atoms with van der Waals surface area (Å²) in [4.78, 5) is 17.2. The van der Waals surface area contributed by atoms with E-state index >= 15 is 0 Å². The number of nitriles is 2. The van der Waals surface area contributed by atoms with Crippen LogP contribution < -0.4 is 4.90 Å². The summed E-state index contributed by atoms with van der Waals surface area (Å²) in [5, 5.41) is 19.3. The number of hydrogen-bond donors (Lipinski definition) is 0. The number of benzene rings is 3. The van der Waals surface area contributed by atoms with E-state index in [0.717, 1.165) is 18.4 Å². The lowest BCUT2D eigenvalue weighted by Gasteiger charge is -2.32. The molecular weight excluding hydrogens is 384 g/mol. The van der Waals surface area contributed by atoms with Gasteiger partial charge in [0.15, 0.2) is 0 Å². The van der Waals surface area contributed by atoms with E-state index in [9.17, 15) is 15.3 Å². The van der Waals surface area contributed by atoms with E-state index in [4.69, 9.17) is 0 Å². The number of hydrogen-bond acceptors (Lipinski definition) is 3. The molecule has 0 aliphatic heterocycles. The highest BCUT2D eigenvalue weighted by molar-refractivity contribution is 6.01. The predicted molar refractivity (Wildman–Crippen MR) is 122 cm³/mol. The Hall–Kier alpha value is -4.09. The van der Waals surface area contributed by atoms with Crippen LogP contribution in [0.3, 0.4) is 0 Å². The second-order valence-electron chi connectivity index (χ2n) is 7.14. The summed E-state index contributed by atoms with van der Waals surface area (Å²) in [6.45, 7) is 3.10. The van der Waals surface area contributed by atoms with Crippen molar-refractivity contribution >= 4 is 17.4 Å². The quantitative estimate of drug-likeness (QED) is 0.482. The van der Waals surface area contributed by atoms with Crippen molar-refractivity contribution < 1.29 is 4.79 Å². The van der Waals surface area contributed by atoms with Crippen LogP contribution in [0.2, 0.25) is 0 Å². The standard InChI is InChI=1S/C26H24N4O/c1-2-3-17-29(20-21-11-5-4-6-12-21)26(31)30(24-15-9-7-13-22(24)18-27)25-16-10-8-14-23(25)19-28/h4-16H,2-3,17,20H2,1H3. The Morgan fingerprint density at radius 2 is 1.32 bits per heavy atom. The number of carbonyl (C=O) groups excluding carboxylic acids is 1. The molecule has 0 saturated carbocycles. The van der Waals surface area contributed by atoms with Gasteiger partial charge >= 0.3 is 6.03 Å². The smallest absolute Gasteiger partial charge is 0.320 e. The first-order valence-electron chi connectivity index (χ1n) is 10.3. The van der Waals surface area contributed by atoms with Crippen molar-refractivity contribution in [2.45, 2.75) is 26.3 Å². The molecule has 0 N–H and O–H groups in total. The molecule has 2 amide bonds. The molecule has 0 fully saturated rings. The van der Waals surface area contributed by atoms with Gasteiger partial charge in [-0.25, -0.2) is 4.79 Å². The zero-order valence-electron chi connectivity index (χ0n) is 17.5. The second kappa shape index (κ2) is 10.6. The summed E-state index contributed by atoms with van der Waals surface area (Å²) in [6.07, 6.45) is 1.80. The fourth-order valence-electron chi connectivity index (χ4n) is 3.40. The molecule has 5 heteroatoms. The van der Waals surface area contributed by atoms with E-state index in [-0.39, 0.29) is 6.03 Å². The molecule has 154 valence electrons. The normalized spacial score (nSPS) is 10.0. The first-order valence-corrected chi connectivity index (χ1v) is 10.3. The van der Waals surface area contributed by atoms with E-state index in [1.165, 1.54) is 4.90 Å². The van der Waals surface area contributed by atoms with Gasteiger partial charge < -0.3 is 4.90 Å². The van der Waals surface area contributed by atoms with E-state index in [1.54, 1.807) is 53.4 Å². The van der Waals surface area contributed by atoms with Crippen molar-refractivity contribution in [3.63, 3.8) is 0 Å². The maximum atomic E-state index is 13.9. The van der Waals surface area contributed by atoms with Crippen LogP contribution in [0.15, 0.2) is 78.9 Å². The lowest BCUT2D eigenvalue weighted by Crippen LogP contribution is -2.41. The van der Waals surface area contributed by atoms with Crippen LogP contribution in [0, 0.1) is 22.7 Å². The number of para-hydroxylation sites is 2. The van der Waals surface area contributed by atoms with Gasteiger partial charge in [0.25, 0.3) is 0 Å². The van der Waals surface area contributed by atoms with Gasteiger partial charge in [0.2, 0.25) is 0 Å². The molecule has 3 rings (SSSR count). The third kappa shape index (κ3) is 5.10. The minimum atomic E-state index is -0.261. The van der Waals surface area contributed by atoms with Gasteiger partial charge in [0, 0.05) is 13.1 Å². The Labute approximate surface area is 183 Å². The number of amides is 2. The molecule has 5 nitrogen and oxygen atoms in total. The van der Waals surface area contributed by atoms with Crippen molar-refractivity contribution in [3.05, 3.63) is 95.6 Å². The molecule has 0 aromatic heterocycles. The Morgan fingerprint density at radius 1 is 0.806 bits per heavy atom. The van der Waals surface area contributed by atoms with Gasteiger partial charge in [-0.15, -0.1) is 0 Å². The first-order chi connectivity index (χ1) is 15.2. The van der Waals surface area contributed by atoms with E-state index in [1.807, 2.05) is 30.3 Å². The summed E-state index contributed by atoms with van der Waals surface area (Å²) < 4.78 is 0. The predicted octanol–water partition coefficient (Wildman–Crippen LogP) is 5.99. The van der Waals surface area contributed by atoms with Crippen LogP contribution in [-0.2, 0) is 6.54 Å². The lowest BCUT2D eigenvalue weighted by molar-refractivity contribution is 0.203. The third-order valence-electron chi connectivity index (χ3n) is 4.99. The van der Waals surface area contributed by atoms with Crippen molar-refractivity contribution in [2.75, 3.05) is 11.4 Å². The van der Waals surface area contributed by atoms with Crippen molar-refractivity contribution in [1.29, 1.82) is 10.5 Å². The molecule has 3 aromatic carbocycles. The van der Waals surface area contributed by atoms with Crippen LogP contribution >= 0.6 is 0 Å². The van der Waals surface area contributed by atoms with Gasteiger partial charge in [-0.3, -0.25) is 4.90 Å². The van der Waals surface area contributed by atoms with E-state index in [2.05, 4.69) is 19.1 Å². The average molecular weight is 409 g/mol. The van der Waals surface area contributed by atoms with E-state index < -0.39 is 0 Å². The van der Waals surface area contributed by atoms with Gasteiger partial charge in [-0.2, -0.15) is 10.5 Å². The summed E-state index contributed by atoms with van der Waals surface area (Å²) in [7, 11) is 0. The highest BCUT2D eigenvalue weighted by atomic mass is 16.2. The van der Waals surface area contributed by atoms with Gasteiger partial charge in [-0.05, 0) is 36.2 Å². The van der Waals surface area contributed by atoms with Crippen molar-refractivity contribution in [1.82, 2.24) is 4.90 Å². The maximum absolute atomic E-state index is 13.9. The summed E-state index contributed by atoms with van der Waals surface area (Å²) in [5.74, 6) is 0. The number of anilines is 2. The Bertz CT molecular complexity index is 1050. The van der Waals surface area contributed by atoms with Crippen LogP contribution in [0.25, 0.3) is 0 Å². The average Bonchev–Trinajstić information content (AvgIpc) is 2.83. The maximum Gasteiger partial charge on any atom is 0.329 e. The third-order valence-corrected chi connectivity index (χ3v) is 4.99. The minimum absolute atomic E-state index is 0.261. The number of carbonyl (C=O) groups is 1. The largest absolute Gasteiger partial charge is 0.329 e. The van der Waals surface area contributed by atoms with Crippen LogP contribution in [0.4, 0.5) is 16.2 Å². The summed E-state index contributed by atoms with van der Waals surface area (Å²) in [5.41, 5.74) is 2.70. The molecule has 0 unspecified atom stereocenters. The van der Waals surface area contributed by atoms with Crippen LogP contribution in [-0.4, -0.2) is 17.5 Å². The number of nitrogens with zero attached hydrogens (tertiary/aromatic N) is 4. The van der Waals surface area contributed by atoms with Crippen molar-refractivity contribution in [2.24, 2.45) is 0 Å². The fourth-order valence-corrected chi connectivity index (χ4v) is 3.40. The zero-order valence-corrected chi connectivity index (χ0v) is 17.5. The second-order valence-corrected chi connectivity index (χ2v) is 7.14. The molecular formula is C26H24N4O. The van der Waals surface area contributed by atoms with Crippen LogP contribution in [0.5, 0.6) is 0 Å². The molecule has 0 saturated heterocycles. The SMILES string of the molecule is CCCCN(Cc1ccccc1)C(=O)N(c1ccccc1C#N)c1ccccc1C#N. The highest BCUT2D eigenvalue weighted by Crippen LogP contribution is 2.32. The van der Waals surface area contributed by atoms with Gasteiger partial charge in [0.05, 0.1) is 22.5 Å². The molecule has 0 atom stereocenters. The zero-order chi connectivity index (χ0) is 22.1. The van der Waals surface area contributed by atoms with Gasteiger partial charge in [-0.1, -0.05) is 67.9 Å². The molecule has 0 radical (unpaired) electrons. The Kier molecular flexibility index (Phi) is 7.40. The molecule has 0 spiro atoms. The fraction of sp³-hybridized carbons (Fsp3) is 0.192. The Morgan fingerprint density at radius 3 is 1.84 bits per heavy atom. The first kappa shape index (κ1) is 21.6. The molecule has 3 aromatic rings. The Balaban J connectivity index is 2.11. The highest BCUT2D eigenvalue weighted by Gasteiger charge is 2.27.